The molecule has 0 unspecified atom stereocenters. The van der Waals surface area contributed by atoms with E-state index in [4.69, 9.17) is 9.47 Å². The van der Waals surface area contributed by atoms with Crippen molar-refractivity contribution in [3.8, 4) is 11.5 Å². The first-order valence-electron chi connectivity index (χ1n) is 8.67. The third-order valence-electron chi connectivity index (χ3n) is 4.05. The predicted molar refractivity (Wildman–Crippen MR) is 106 cm³/mol. The van der Waals surface area contributed by atoms with E-state index in [0.29, 0.717) is 23.0 Å². The van der Waals surface area contributed by atoms with Crippen LogP contribution in [-0.4, -0.2) is 25.1 Å². The SMILES string of the molecule is COc1ccc(CC(=O)Nc2ccc(Nc3ccc(F)cc3F)nc2)cc1OC. The van der Waals surface area contributed by atoms with Crippen molar-refractivity contribution in [2.24, 2.45) is 0 Å². The molecule has 2 N–H and O–H groups in total. The number of carbonyl (C=O) groups excluding carboxylic acids is 1. The van der Waals surface area contributed by atoms with Crippen molar-refractivity contribution in [2.75, 3.05) is 24.9 Å². The van der Waals surface area contributed by atoms with Gasteiger partial charge in [-0.3, -0.25) is 4.79 Å². The highest BCUT2D eigenvalue weighted by atomic mass is 19.1. The summed E-state index contributed by atoms with van der Waals surface area (Å²) in [6.45, 7) is 0. The molecule has 2 aromatic carbocycles. The van der Waals surface area contributed by atoms with Crippen LogP contribution in [0.5, 0.6) is 11.5 Å². The molecule has 0 fully saturated rings. The molecule has 0 saturated heterocycles. The largest absolute Gasteiger partial charge is 0.493 e. The van der Waals surface area contributed by atoms with Gasteiger partial charge in [0.15, 0.2) is 11.5 Å². The molecule has 3 rings (SSSR count). The van der Waals surface area contributed by atoms with E-state index in [1.54, 1.807) is 37.4 Å². The van der Waals surface area contributed by atoms with Gasteiger partial charge in [-0.05, 0) is 42.0 Å². The number of ether oxygens (including phenoxy) is 2. The molecule has 3 aromatic rings. The van der Waals surface area contributed by atoms with Crippen LogP contribution in [0.2, 0.25) is 0 Å². The second kappa shape index (κ2) is 9.01. The lowest BCUT2D eigenvalue weighted by molar-refractivity contribution is -0.115. The second-order valence-electron chi connectivity index (χ2n) is 6.10. The number of nitrogens with one attached hydrogen (secondary N) is 2. The fraction of sp³-hybridized carbons (Fsp3) is 0.143. The van der Waals surface area contributed by atoms with Crippen molar-refractivity contribution in [1.29, 1.82) is 0 Å². The lowest BCUT2D eigenvalue weighted by Crippen LogP contribution is -2.14. The Hall–Kier alpha value is -3.68. The standard InChI is InChI=1S/C21H19F2N3O3/c1-28-18-7-3-13(9-19(18)29-2)10-21(27)25-15-5-8-20(24-12-15)26-17-6-4-14(22)11-16(17)23/h3-9,11-12H,10H2,1-2H3,(H,24,26)(H,25,27). The monoisotopic (exact) mass is 399 g/mol. The van der Waals surface area contributed by atoms with Gasteiger partial charge in [0, 0.05) is 6.07 Å². The zero-order valence-electron chi connectivity index (χ0n) is 15.8. The van der Waals surface area contributed by atoms with Gasteiger partial charge in [-0.15, -0.1) is 0 Å². The van der Waals surface area contributed by atoms with Crippen molar-refractivity contribution in [3.05, 3.63) is 71.9 Å². The molecule has 150 valence electrons. The third kappa shape index (κ3) is 5.19. The van der Waals surface area contributed by atoms with Crippen LogP contribution in [0, 0.1) is 11.6 Å². The fourth-order valence-electron chi connectivity index (χ4n) is 2.65. The average Bonchev–Trinajstić information content (AvgIpc) is 2.71. The van der Waals surface area contributed by atoms with Gasteiger partial charge in [0.05, 0.1) is 38.2 Å². The van der Waals surface area contributed by atoms with Crippen molar-refractivity contribution in [2.45, 2.75) is 6.42 Å². The van der Waals surface area contributed by atoms with Crippen molar-refractivity contribution in [3.63, 3.8) is 0 Å². The second-order valence-corrected chi connectivity index (χ2v) is 6.10. The molecule has 29 heavy (non-hydrogen) atoms. The molecule has 0 aliphatic carbocycles. The molecule has 0 saturated carbocycles. The van der Waals surface area contributed by atoms with Gasteiger partial charge in [0.2, 0.25) is 5.91 Å². The Labute approximate surface area is 166 Å². The number of rotatable bonds is 7. The minimum atomic E-state index is -0.723. The molecule has 0 aliphatic heterocycles. The first-order chi connectivity index (χ1) is 14.0. The minimum absolute atomic E-state index is 0.101. The molecule has 0 spiro atoms. The van der Waals surface area contributed by atoms with E-state index in [1.165, 1.54) is 19.4 Å². The van der Waals surface area contributed by atoms with Crippen LogP contribution in [0.25, 0.3) is 0 Å². The summed E-state index contributed by atoms with van der Waals surface area (Å²) in [6, 6.07) is 11.7. The van der Waals surface area contributed by atoms with E-state index >= 15 is 0 Å². The molecule has 1 aromatic heterocycles. The van der Waals surface area contributed by atoms with Crippen LogP contribution in [0.4, 0.5) is 26.0 Å². The Morgan fingerprint density at radius 3 is 2.45 bits per heavy atom. The molecular weight excluding hydrogens is 380 g/mol. The van der Waals surface area contributed by atoms with E-state index < -0.39 is 11.6 Å². The van der Waals surface area contributed by atoms with Gasteiger partial charge in [-0.25, -0.2) is 13.8 Å². The predicted octanol–water partition coefficient (Wildman–Crippen LogP) is 4.30. The zero-order chi connectivity index (χ0) is 20.8. The summed E-state index contributed by atoms with van der Waals surface area (Å²) >= 11 is 0. The molecule has 0 radical (unpaired) electrons. The number of anilines is 3. The maximum atomic E-state index is 13.7. The van der Waals surface area contributed by atoms with Gasteiger partial charge in [0.25, 0.3) is 0 Å². The summed E-state index contributed by atoms with van der Waals surface area (Å²) in [6.07, 6.45) is 1.58. The molecule has 1 amide bonds. The zero-order valence-corrected chi connectivity index (χ0v) is 15.8. The topological polar surface area (TPSA) is 72.5 Å². The van der Waals surface area contributed by atoms with E-state index in [9.17, 15) is 13.6 Å². The van der Waals surface area contributed by atoms with E-state index in [1.807, 2.05) is 0 Å². The van der Waals surface area contributed by atoms with Crippen molar-refractivity contribution < 1.29 is 23.0 Å². The van der Waals surface area contributed by atoms with Gasteiger partial charge >= 0.3 is 0 Å². The Kier molecular flexibility index (Phi) is 6.23. The van der Waals surface area contributed by atoms with E-state index in [2.05, 4.69) is 15.6 Å². The van der Waals surface area contributed by atoms with Crippen molar-refractivity contribution in [1.82, 2.24) is 4.98 Å². The number of carbonyl (C=O) groups is 1. The van der Waals surface area contributed by atoms with Crippen LogP contribution in [0.3, 0.4) is 0 Å². The van der Waals surface area contributed by atoms with Gasteiger partial charge in [-0.1, -0.05) is 6.07 Å². The van der Waals surface area contributed by atoms with E-state index in [0.717, 1.165) is 17.7 Å². The summed E-state index contributed by atoms with van der Waals surface area (Å²) in [5.74, 6) is -0.130. The number of hydrogen-bond donors (Lipinski definition) is 2. The van der Waals surface area contributed by atoms with Crippen LogP contribution in [-0.2, 0) is 11.2 Å². The number of pyridine rings is 1. The van der Waals surface area contributed by atoms with E-state index in [-0.39, 0.29) is 18.0 Å². The number of benzene rings is 2. The van der Waals surface area contributed by atoms with Crippen molar-refractivity contribution >= 4 is 23.1 Å². The summed E-state index contributed by atoms with van der Waals surface area (Å²) in [5.41, 5.74) is 1.35. The van der Waals surface area contributed by atoms with Crippen LogP contribution >= 0.6 is 0 Å². The summed E-state index contributed by atoms with van der Waals surface area (Å²) in [4.78, 5) is 16.4. The lowest BCUT2D eigenvalue weighted by atomic mass is 10.1. The highest BCUT2D eigenvalue weighted by Crippen LogP contribution is 2.28. The highest BCUT2D eigenvalue weighted by Gasteiger charge is 2.10. The first kappa shape index (κ1) is 20.1. The summed E-state index contributed by atoms with van der Waals surface area (Å²) < 4.78 is 37.1. The highest BCUT2D eigenvalue weighted by molar-refractivity contribution is 5.92. The normalized spacial score (nSPS) is 10.3. The van der Waals surface area contributed by atoms with Gasteiger partial charge in [-0.2, -0.15) is 0 Å². The number of nitrogens with zero attached hydrogens (tertiary/aromatic N) is 1. The summed E-state index contributed by atoms with van der Waals surface area (Å²) in [7, 11) is 3.07. The third-order valence-corrected chi connectivity index (χ3v) is 4.05. The molecule has 1 heterocycles. The maximum absolute atomic E-state index is 13.7. The smallest absolute Gasteiger partial charge is 0.228 e. The first-order valence-corrected chi connectivity index (χ1v) is 8.67. The van der Waals surface area contributed by atoms with Crippen LogP contribution in [0.15, 0.2) is 54.7 Å². The summed E-state index contributed by atoms with van der Waals surface area (Å²) in [5, 5.41) is 5.49. The lowest BCUT2D eigenvalue weighted by Gasteiger charge is -2.10. The minimum Gasteiger partial charge on any atom is -0.493 e. The number of halogens is 2. The average molecular weight is 399 g/mol. The Morgan fingerprint density at radius 1 is 1.00 bits per heavy atom. The van der Waals surface area contributed by atoms with Gasteiger partial charge in [0.1, 0.15) is 17.5 Å². The number of methoxy groups -OCH3 is 2. The van der Waals surface area contributed by atoms with Crippen LogP contribution in [0.1, 0.15) is 5.56 Å². The number of aromatic nitrogens is 1. The van der Waals surface area contributed by atoms with Crippen LogP contribution < -0.4 is 20.1 Å². The number of hydrogen-bond acceptors (Lipinski definition) is 5. The Morgan fingerprint density at radius 2 is 1.79 bits per heavy atom. The Bertz CT molecular complexity index is 1010. The fourth-order valence-corrected chi connectivity index (χ4v) is 2.65. The Balaban J connectivity index is 1.61. The molecule has 8 heteroatoms. The maximum Gasteiger partial charge on any atom is 0.228 e. The molecule has 0 aliphatic rings. The van der Waals surface area contributed by atoms with Gasteiger partial charge < -0.3 is 20.1 Å². The molecule has 0 bridgehead atoms. The number of amides is 1. The quantitative estimate of drug-likeness (QED) is 0.620. The molecule has 6 nitrogen and oxygen atoms in total. The molecular formula is C21H19F2N3O3. The molecule has 0 atom stereocenters.